The van der Waals surface area contributed by atoms with Crippen LogP contribution in [0.5, 0.6) is 0 Å². The number of carbonyl (C=O) groups excluding carboxylic acids is 2. The summed E-state index contributed by atoms with van der Waals surface area (Å²) in [6.07, 6.45) is 3.01. The minimum absolute atomic E-state index is 0.0551. The Labute approximate surface area is 161 Å². The highest BCUT2D eigenvalue weighted by atomic mass is 16.2. The molecule has 2 heterocycles. The Hall–Kier alpha value is -2.18. The van der Waals surface area contributed by atoms with Gasteiger partial charge in [-0.05, 0) is 12.8 Å². The molecule has 1 aromatic rings. The second-order valence-corrected chi connectivity index (χ2v) is 8.60. The van der Waals surface area contributed by atoms with E-state index in [0.717, 1.165) is 56.4 Å². The van der Waals surface area contributed by atoms with E-state index in [-0.39, 0.29) is 17.2 Å². The number of hydrogen-bond donors (Lipinski definition) is 1. The van der Waals surface area contributed by atoms with E-state index < -0.39 is 0 Å². The van der Waals surface area contributed by atoms with Crippen molar-refractivity contribution in [3.8, 4) is 0 Å². The molecule has 1 aliphatic carbocycles. The third-order valence-electron chi connectivity index (χ3n) is 5.12. The summed E-state index contributed by atoms with van der Waals surface area (Å²) in [5, 5.41) is 3.00. The van der Waals surface area contributed by atoms with Crippen molar-refractivity contribution in [2.45, 2.75) is 52.9 Å². The third-order valence-corrected chi connectivity index (χ3v) is 5.12. The average molecular weight is 374 g/mol. The van der Waals surface area contributed by atoms with Gasteiger partial charge in [-0.1, -0.05) is 20.8 Å². The van der Waals surface area contributed by atoms with Gasteiger partial charge in [0, 0.05) is 69.2 Å². The Kier molecular flexibility index (Phi) is 5.67. The summed E-state index contributed by atoms with van der Waals surface area (Å²) in [5.41, 5.74) is 0.594. The third kappa shape index (κ3) is 5.17. The summed E-state index contributed by atoms with van der Waals surface area (Å²) in [4.78, 5) is 37.2. The lowest BCUT2D eigenvalue weighted by atomic mass is 9.96. The molecule has 3 rings (SSSR count). The molecule has 0 aromatic carbocycles. The van der Waals surface area contributed by atoms with Crippen molar-refractivity contribution >= 4 is 17.6 Å². The molecule has 1 N–H and O–H groups in total. The molecule has 0 spiro atoms. The Morgan fingerprint density at radius 3 is 2.37 bits per heavy atom. The highest BCUT2D eigenvalue weighted by molar-refractivity contribution is 5.81. The molecule has 7 nitrogen and oxygen atoms in total. The molecule has 148 valence electrons. The smallest absolute Gasteiger partial charge is 0.225 e. The van der Waals surface area contributed by atoms with E-state index in [1.165, 1.54) is 0 Å². The minimum atomic E-state index is -0.383. The first kappa shape index (κ1) is 19.6. The van der Waals surface area contributed by atoms with Gasteiger partial charge in [0.25, 0.3) is 0 Å². The van der Waals surface area contributed by atoms with E-state index in [2.05, 4.69) is 10.2 Å². The Balaban J connectivity index is 1.66. The van der Waals surface area contributed by atoms with E-state index in [1.807, 2.05) is 31.7 Å². The average Bonchev–Trinajstić information content (AvgIpc) is 3.46. The first-order valence-electron chi connectivity index (χ1n) is 9.90. The second kappa shape index (κ2) is 7.82. The highest BCUT2D eigenvalue weighted by Gasteiger charge is 2.29. The van der Waals surface area contributed by atoms with Gasteiger partial charge in [0.2, 0.25) is 11.8 Å². The van der Waals surface area contributed by atoms with Gasteiger partial charge in [0.1, 0.15) is 11.6 Å². The second-order valence-electron chi connectivity index (χ2n) is 8.60. The highest BCUT2D eigenvalue weighted by Crippen LogP contribution is 2.38. The molecule has 1 saturated heterocycles. The fraction of sp³-hybridized carbons (Fsp3) is 0.700. The number of aromatic nitrogens is 2. The van der Waals surface area contributed by atoms with Crippen molar-refractivity contribution in [3.63, 3.8) is 0 Å². The van der Waals surface area contributed by atoms with E-state index in [9.17, 15) is 9.59 Å². The Bertz CT molecular complexity index is 701. The largest absolute Gasteiger partial charge is 0.355 e. The number of piperazine rings is 1. The van der Waals surface area contributed by atoms with Crippen LogP contribution in [0.15, 0.2) is 6.07 Å². The molecule has 1 aliphatic heterocycles. The number of anilines is 1. The molecule has 0 unspecified atom stereocenters. The predicted molar refractivity (Wildman–Crippen MR) is 105 cm³/mol. The summed E-state index contributed by atoms with van der Waals surface area (Å²) >= 11 is 0. The van der Waals surface area contributed by atoms with Crippen LogP contribution >= 0.6 is 0 Å². The molecular weight excluding hydrogens is 342 g/mol. The quantitative estimate of drug-likeness (QED) is 0.850. The molecule has 2 amide bonds. The van der Waals surface area contributed by atoms with Gasteiger partial charge in [-0.3, -0.25) is 9.59 Å². The number of rotatable bonds is 5. The van der Waals surface area contributed by atoms with Gasteiger partial charge in [-0.15, -0.1) is 0 Å². The normalized spacial score (nSPS) is 17.8. The lowest BCUT2D eigenvalue weighted by Gasteiger charge is -2.35. The lowest BCUT2D eigenvalue weighted by molar-refractivity contribution is -0.129. The maximum absolute atomic E-state index is 12.1. The molecule has 7 heteroatoms. The molecule has 2 fully saturated rings. The fourth-order valence-electron chi connectivity index (χ4n) is 3.14. The van der Waals surface area contributed by atoms with Crippen LogP contribution in [0.1, 0.15) is 58.0 Å². The number of carbonyl (C=O) groups is 2. The fourth-order valence-corrected chi connectivity index (χ4v) is 3.14. The topological polar surface area (TPSA) is 78.4 Å². The van der Waals surface area contributed by atoms with Crippen LogP contribution in [0.2, 0.25) is 0 Å². The van der Waals surface area contributed by atoms with Gasteiger partial charge < -0.3 is 15.1 Å². The lowest BCUT2D eigenvalue weighted by Crippen LogP contribution is -2.48. The van der Waals surface area contributed by atoms with Crippen molar-refractivity contribution in [2.24, 2.45) is 5.41 Å². The van der Waals surface area contributed by atoms with E-state index in [4.69, 9.17) is 9.97 Å². The summed E-state index contributed by atoms with van der Waals surface area (Å²) < 4.78 is 0. The molecule has 0 radical (unpaired) electrons. The number of hydrogen-bond acceptors (Lipinski definition) is 5. The molecule has 1 saturated carbocycles. The van der Waals surface area contributed by atoms with Gasteiger partial charge >= 0.3 is 0 Å². The molecule has 2 aliphatic rings. The van der Waals surface area contributed by atoms with Gasteiger partial charge in [0.15, 0.2) is 0 Å². The van der Waals surface area contributed by atoms with E-state index in [1.54, 1.807) is 6.92 Å². The monoisotopic (exact) mass is 373 g/mol. The molecule has 0 atom stereocenters. The van der Waals surface area contributed by atoms with Crippen molar-refractivity contribution in [1.29, 1.82) is 0 Å². The van der Waals surface area contributed by atoms with Crippen LogP contribution in [-0.2, 0) is 16.0 Å². The standard InChI is InChI=1S/C20H31N5O2/c1-14(26)24-9-11-25(12-10-24)17-13-16(22-18(23-17)15-5-6-15)7-8-21-19(27)20(2,3)4/h13,15H,5-12H2,1-4H3,(H,21,27). The SMILES string of the molecule is CC(=O)N1CCN(c2cc(CCNC(=O)C(C)(C)C)nc(C3CC3)n2)CC1. The van der Waals surface area contributed by atoms with E-state index >= 15 is 0 Å². The van der Waals surface area contributed by atoms with Crippen molar-refractivity contribution in [2.75, 3.05) is 37.6 Å². The maximum Gasteiger partial charge on any atom is 0.225 e. The van der Waals surface area contributed by atoms with Crippen LogP contribution in [-0.4, -0.2) is 59.4 Å². The minimum Gasteiger partial charge on any atom is -0.355 e. The summed E-state index contributed by atoms with van der Waals surface area (Å²) in [5.74, 6) is 2.54. The predicted octanol–water partition coefficient (Wildman–Crippen LogP) is 1.73. The van der Waals surface area contributed by atoms with Crippen LogP contribution in [0, 0.1) is 5.41 Å². The zero-order valence-electron chi connectivity index (χ0n) is 16.9. The molecule has 0 bridgehead atoms. The summed E-state index contributed by atoms with van der Waals surface area (Å²) in [7, 11) is 0. The van der Waals surface area contributed by atoms with Crippen molar-refractivity contribution < 1.29 is 9.59 Å². The Morgan fingerprint density at radius 2 is 1.81 bits per heavy atom. The summed E-state index contributed by atoms with van der Waals surface area (Å²) in [6.45, 7) is 11.0. The van der Waals surface area contributed by atoms with E-state index in [0.29, 0.717) is 18.9 Å². The zero-order chi connectivity index (χ0) is 19.6. The van der Waals surface area contributed by atoms with Gasteiger partial charge in [0.05, 0.1) is 0 Å². The number of nitrogens with zero attached hydrogens (tertiary/aromatic N) is 4. The van der Waals surface area contributed by atoms with Crippen molar-refractivity contribution in [3.05, 3.63) is 17.6 Å². The molecule has 27 heavy (non-hydrogen) atoms. The maximum atomic E-state index is 12.1. The van der Waals surface area contributed by atoms with Crippen molar-refractivity contribution in [1.82, 2.24) is 20.2 Å². The van der Waals surface area contributed by atoms with Crippen LogP contribution in [0.3, 0.4) is 0 Å². The molecular formula is C20H31N5O2. The van der Waals surface area contributed by atoms with Crippen LogP contribution < -0.4 is 10.2 Å². The zero-order valence-corrected chi connectivity index (χ0v) is 16.9. The Morgan fingerprint density at radius 1 is 1.15 bits per heavy atom. The van der Waals surface area contributed by atoms with Gasteiger partial charge in [-0.2, -0.15) is 0 Å². The summed E-state index contributed by atoms with van der Waals surface area (Å²) in [6, 6.07) is 2.04. The number of amides is 2. The first-order valence-corrected chi connectivity index (χ1v) is 9.90. The van der Waals surface area contributed by atoms with Crippen LogP contribution in [0.4, 0.5) is 5.82 Å². The van der Waals surface area contributed by atoms with Crippen LogP contribution in [0.25, 0.3) is 0 Å². The number of nitrogens with one attached hydrogen (secondary N) is 1. The molecule has 1 aromatic heterocycles. The van der Waals surface area contributed by atoms with Gasteiger partial charge in [-0.25, -0.2) is 9.97 Å². The first-order chi connectivity index (χ1) is 12.7.